The minimum absolute atomic E-state index is 0.143. The maximum absolute atomic E-state index is 11.9. The van der Waals surface area contributed by atoms with Crippen molar-refractivity contribution in [3.63, 3.8) is 0 Å². The fourth-order valence-electron chi connectivity index (χ4n) is 2.32. The van der Waals surface area contributed by atoms with Gasteiger partial charge in [0.05, 0.1) is 6.61 Å². The van der Waals surface area contributed by atoms with Gasteiger partial charge in [-0.15, -0.1) is 11.3 Å². The number of esters is 1. The second-order valence-corrected chi connectivity index (χ2v) is 5.24. The lowest BCUT2D eigenvalue weighted by molar-refractivity contribution is 0.0531. The van der Waals surface area contributed by atoms with Crippen LogP contribution in [0.25, 0.3) is 0 Å². The van der Waals surface area contributed by atoms with Crippen LogP contribution in [0.3, 0.4) is 0 Å². The summed E-state index contributed by atoms with van der Waals surface area (Å²) < 4.78 is 5.14. The van der Waals surface area contributed by atoms with E-state index < -0.39 is 0 Å². The van der Waals surface area contributed by atoms with Crippen LogP contribution in [0.1, 0.15) is 39.5 Å². The van der Waals surface area contributed by atoms with E-state index in [1.807, 2.05) is 6.92 Å². The van der Waals surface area contributed by atoms with E-state index >= 15 is 0 Å². The molecule has 0 atom stereocenters. The van der Waals surface area contributed by atoms with Gasteiger partial charge in [-0.1, -0.05) is 6.92 Å². The van der Waals surface area contributed by atoms with E-state index in [4.69, 9.17) is 4.74 Å². The minimum atomic E-state index is -0.143. The van der Waals surface area contributed by atoms with Crippen molar-refractivity contribution < 1.29 is 9.53 Å². The summed E-state index contributed by atoms with van der Waals surface area (Å²) in [6, 6.07) is 0. The fraction of sp³-hybridized carbons (Fsp3) is 0.615. The average Bonchev–Trinajstić information content (AvgIpc) is 2.51. The van der Waals surface area contributed by atoms with Crippen LogP contribution >= 0.6 is 11.3 Å². The van der Waals surface area contributed by atoms with Crippen molar-refractivity contribution in [1.82, 2.24) is 5.32 Å². The van der Waals surface area contributed by atoms with Crippen LogP contribution in [0.4, 0.5) is 0 Å². The van der Waals surface area contributed by atoms with E-state index in [2.05, 4.69) is 12.2 Å². The second-order valence-electron chi connectivity index (χ2n) is 4.14. The van der Waals surface area contributed by atoms with Crippen molar-refractivity contribution in [2.24, 2.45) is 0 Å². The zero-order chi connectivity index (χ0) is 12.3. The maximum atomic E-state index is 11.9. The standard InChI is InChI=1S/C13H19NO2S/c1-3-9-10-5-7-14-8-6-11(10)17-12(9)13(15)16-4-2/h14H,3-8H2,1-2H3. The molecule has 0 fully saturated rings. The molecule has 1 aromatic heterocycles. The number of hydrogen-bond acceptors (Lipinski definition) is 4. The molecule has 0 aliphatic carbocycles. The third-order valence-electron chi connectivity index (χ3n) is 3.10. The molecular formula is C13H19NO2S. The number of hydrogen-bond donors (Lipinski definition) is 1. The Morgan fingerprint density at radius 2 is 2.12 bits per heavy atom. The van der Waals surface area contributed by atoms with Gasteiger partial charge in [-0.3, -0.25) is 0 Å². The van der Waals surface area contributed by atoms with E-state index in [1.54, 1.807) is 11.3 Å². The van der Waals surface area contributed by atoms with Crippen molar-refractivity contribution in [2.75, 3.05) is 19.7 Å². The highest BCUT2D eigenvalue weighted by Crippen LogP contribution is 2.31. The zero-order valence-corrected chi connectivity index (χ0v) is 11.3. The molecule has 94 valence electrons. The lowest BCUT2D eigenvalue weighted by Gasteiger charge is -2.04. The van der Waals surface area contributed by atoms with Gasteiger partial charge in [0.25, 0.3) is 0 Å². The van der Waals surface area contributed by atoms with Gasteiger partial charge in [-0.05, 0) is 50.4 Å². The predicted octanol–water partition coefficient (Wildman–Crippen LogP) is 2.18. The predicted molar refractivity (Wildman–Crippen MR) is 69.9 cm³/mol. The molecule has 0 unspecified atom stereocenters. The molecule has 1 aromatic rings. The van der Waals surface area contributed by atoms with E-state index in [-0.39, 0.29) is 5.97 Å². The monoisotopic (exact) mass is 253 g/mol. The third-order valence-corrected chi connectivity index (χ3v) is 4.41. The SMILES string of the molecule is CCOC(=O)c1sc2c(c1CC)CCNCC2. The first kappa shape index (κ1) is 12.6. The van der Waals surface area contributed by atoms with E-state index in [9.17, 15) is 4.79 Å². The Morgan fingerprint density at radius 1 is 1.35 bits per heavy atom. The quantitative estimate of drug-likeness (QED) is 0.839. The summed E-state index contributed by atoms with van der Waals surface area (Å²) in [5, 5.41) is 3.40. The molecule has 1 aliphatic rings. The Kier molecular flexibility index (Phi) is 4.18. The highest BCUT2D eigenvalue weighted by Gasteiger charge is 2.22. The fourth-order valence-corrected chi connectivity index (χ4v) is 3.65. The summed E-state index contributed by atoms with van der Waals surface area (Å²) in [5.74, 6) is -0.143. The maximum Gasteiger partial charge on any atom is 0.348 e. The summed E-state index contributed by atoms with van der Waals surface area (Å²) in [4.78, 5) is 14.1. The average molecular weight is 253 g/mol. The Morgan fingerprint density at radius 3 is 2.82 bits per heavy atom. The lowest BCUT2D eigenvalue weighted by atomic mass is 10.0. The van der Waals surface area contributed by atoms with Crippen molar-refractivity contribution in [3.05, 3.63) is 20.9 Å². The number of nitrogens with one attached hydrogen (secondary N) is 1. The van der Waals surface area contributed by atoms with Gasteiger partial charge in [-0.2, -0.15) is 0 Å². The second kappa shape index (κ2) is 5.65. The molecular weight excluding hydrogens is 234 g/mol. The van der Waals surface area contributed by atoms with E-state index in [0.29, 0.717) is 6.61 Å². The molecule has 4 heteroatoms. The molecule has 2 rings (SSSR count). The number of carbonyl (C=O) groups excluding carboxylic acids is 1. The van der Waals surface area contributed by atoms with Gasteiger partial charge in [0.1, 0.15) is 4.88 Å². The topological polar surface area (TPSA) is 38.3 Å². The molecule has 0 amide bonds. The Bertz CT molecular complexity index is 412. The molecule has 0 bridgehead atoms. The summed E-state index contributed by atoms with van der Waals surface area (Å²) in [5.41, 5.74) is 2.61. The number of thiophene rings is 1. The van der Waals surface area contributed by atoms with Crippen LogP contribution in [-0.2, 0) is 24.0 Å². The van der Waals surface area contributed by atoms with Crippen LogP contribution in [0.5, 0.6) is 0 Å². The Labute approximate surface area is 106 Å². The van der Waals surface area contributed by atoms with Crippen molar-refractivity contribution >= 4 is 17.3 Å². The molecule has 0 spiro atoms. The summed E-state index contributed by atoms with van der Waals surface area (Å²) in [7, 11) is 0. The van der Waals surface area contributed by atoms with Crippen molar-refractivity contribution in [3.8, 4) is 0 Å². The van der Waals surface area contributed by atoms with Crippen LogP contribution in [0.15, 0.2) is 0 Å². The third kappa shape index (κ3) is 2.53. The molecule has 0 aromatic carbocycles. The van der Waals surface area contributed by atoms with Gasteiger partial charge in [0.15, 0.2) is 0 Å². The van der Waals surface area contributed by atoms with Crippen LogP contribution in [-0.4, -0.2) is 25.7 Å². The highest BCUT2D eigenvalue weighted by atomic mass is 32.1. The number of ether oxygens (including phenoxy) is 1. The van der Waals surface area contributed by atoms with Gasteiger partial charge >= 0.3 is 5.97 Å². The smallest absolute Gasteiger partial charge is 0.348 e. The molecule has 0 saturated carbocycles. The molecule has 1 aliphatic heterocycles. The first-order valence-corrected chi connectivity index (χ1v) is 7.10. The Hall–Kier alpha value is -0.870. The normalized spacial score (nSPS) is 15.2. The molecule has 2 heterocycles. The molecule has 0 saturated heterocycles. The van der Waals surface area contributed by atoms with Crippen LogP contribution in [0.2, 0.25) is 0 Å². The van der Waals surface area contributed by atoms with Crippen LogP contribution < -0.4 is 5.32 Å². The first-order valence-electron chi connectivity index (χ1n) is 6.29. The summed E-state index contributed by atoms with van der Waals surface area (Å²) >= 11 is 1.63. The van der Waals surface area contributed by atoms with Crippen LogP contribution in [0, 0.1) is 0 Å². The lowest BCUT2D eigenvalue weighted by Crippen LogP contribution is -2.16. The van der Waals surface area contributed by atoms with Crippen molar-refractivity contribution in [2.45, 2.75) is 33.1 Å². The minimum Gasteiger partial charge on any atom is -0.462 e. The highest BCUT2D eigenvalue weighted by molar-refractivity contribution is 7.14. The van der Waals surface area contributed by atoms with Gasteiger partial charge in [0.2, 0.25) is 0 Å². The summed E-state index contributed by atoms with van der Waals surface area (Å²) in [6.45, 7) is 6.44. The number of fused-ring (bicyclic) bond motifs is 1. The van der Waals surface area contributed by atoms with E-state index in [1.165, 1.54) is 16.0 Å². The number of carbonyl (C=O) groups is 1. The summed E-state index contributed by atoms with van der Waals surface area (Å²) in [6.07, 6.45) is 2.99. The van der Waals surface area contributed by atoms with Gasteiger partial charge < -0.3 is 10.1 Å². The molecule has 17 heavy (non-hydrogen) atoms. The zero-order valence-electron chi connectivity index (χ0n) is 10.5. The molecule has 0 radical (unpaired) electrons. The molecule has 3 nitrogen and oxygen atoms in total. The van der Waals surface area contributed by atoms with E-state index in [0.717, 1.165) is 37.2 Å². The van der Waals surface area contributed by atoms with Gasteiger partial charge in [-0.25, -0.2) is 4.79 Å². The largest absolute Gasteiger partial charge is 0.462 e. The Balaban J connectivity index is 2.36. The first-order chi connectivity index (χ1) is 8.27. The molecule has 1 N–H and O–H groups in total. The number of rotatable bonds is 3. The van der Waals surface area contributed by atoms with Crippen molar-refractivity contribution in [1.29, 1.82) is 0 Å². The van der Waals surface area contributed by atoms with Gasteiger partial charge in [0, 0.05) is 4.88 Å².